The molecule has 1 saturated carbocycles. The predicted octanol–water partition coefficient (Wildman–Crippen LogP) is 4.20. The van der Waals surface area contributed by atoms with Gasteiger partial charge < -0.3 is 4.84 Å². The number of nitrogens with zero attached hydrogens (tertiary/aromatic N) is 2. The van der Waals surface area contributed by atoms with Crippen LogP contribution >= 0.6 is 0 Å². The summed E-state index contributed by atoms with van der Waals surface area (Å²) >= 11 is 0. The van der Waals surface area contributed by atoms with Crippen molar-refractivity contribution in [3.63, 3.8) is 0 Å². The first kappa shape index (κ1) is 20.1. The van der Waals surface area contributed by atoms with Gasteiger partial charge in [-0.1, -0.05) is 17.6 Å². The zero-order chi connectivity index (χ0) is 19.5. The maximum atomic E-state index is 12.8. The Labute approximate surface area is 157 Å². The van der Waals surface area contributed by atoms with Crippen LogP contribution in [0, 0.1) is 0 Å². The van der Waals surface area contributed by atoms with Crippen molar-refractivity contribution in [1.82, 2.24) is 4.31 Å². The van der Waals surface area contributed by atoms with E-state index in [9.17, 15) is 21.6 Å². The smallest absolute Gasteiger partial charge is 0.393 e. The van der Waals surface area contributed by atoms with E-state index in [-0.39, 0.29) is 24.1 Å². The van der Waals surface area contributed by atoms with Gasteiger partial charge in [0.25, 0.3) is 0 Å². The van der Waals surface area contributed by atoms with Gasteiger partial charge in [-0.2, -0.15) is 17.5 Å². The van der Waals surface area contributed by atoms with Gasteiger partial charge in [-0.15, -0.1) is 0 Å². The molecule has 27 heavy (non-hydrogen) atoms. The highest BCUT2D eigenvalue weighted by atomic mass is 32.2. The summed E-state index contributed by atoms with van der Waals surface area (Å²) < 4.78 is 65.1. The van der Waals surface area contributed by atoms with Crippen molar-refractivity contribution in [2.45, 2.75) is 62.1 Å². The molecule has 0 aromatic heterocycles. The minimum absolute atomic E-state index is 0.137. The van der Waals surface area contributed by atoms with E-state index in [1.165, 1.54) is 16.8 Å². The van der Waals surface area contributed by atoms with Gasteiger partial charge in [0.15, 0.2) is 0 Å². The molecule has 150 valence electrons. The summed E-state index contributed by atoms with van der Waals surface area (Å²) in [6, 6.07) is 3.86. The van der Waals surface area contributed by atoms with Crippen molar-refractivity contribution in [3.05, 3.63) is 29.8 Å². The molecule has 1 heterocycles. The highest BCUT2D eigenvalue weighted by Gasteiger charge is 2.33. The molecule has 1 aromatic rings. The second kappa shape index (κ2) is 8.18. The van der Waals surface area contributed by atoms with Gasteiger partial charge in [0.05, 0.1) is 16.2 Å². The third kappa shape index (κ3) is 5.01. The lowest BCUT2D eigenvalue weighted by Gasteiger charge is -2.27. The summed E-state index contributed by atoms with van der Waals surface area (Å²) in [6.07, 6.45) is 1.88. The Kier molecular flexibility index (Phi) is 6.10. The Morgan fingerprint density at radius 2 is 1.74 bits per heavy atom. The summed E-state index contributed by atoms with van der Waals surface area (Å²) in [5.74, 6) is 0. The van der Waals surface area contributed by atoms with Crippen LogP contribution in [0.1, 0.15) is 50.5 Å². The molecule has 1 aliphatic carbocycles. The predicted molar refractivity (Wildman–Crippen MR) is 94.8 cm³/mol. The lowest BCUT2D eigenvalue weighted by atomic mass is 9.98. The standard InChI is InChI=1S/C18H23F3N2O3S/c19-18(20,21)14-5-4-8-17(13-14)27(24,25)23-11-9-15(10-12-23)22-26-16-6-2-1-3-7-16/h4-5,8,13,16H,1-3,6-7,9-12H2. The molecule has 1 aromatic carbocycles. The molecule has 0 N–H and O–H groups in total. The number of hydrogen-bond acceptors (Lipinski definition) is 4. The Balaban J connectivity index is 1.63. The van der Waals surface area contributed by atoms with Crippen molar-refractivity contribution in [3.8, 4) is 0 Å². The summed E-state index contributed by atoms with van der Waals surface area (Å²) in [5.41, 5.74) is -0.167. The fourth-order valence-corrected chi connectivity index (χ4v) is 4.87. The summed E-state index contributed by atoms with van der Waals surface area (Å²) in [5, 5.41) is 4.19. The molecule has 0 spiro atoms. The van der Waals surface area contributed by atoms with Gasteiger partial charge in [0.2, 0.25) is 10.0 Å². The van der Waals surface area contributed by atoms with E-state index in [1.807, 2.05) is 0 Å². The molecule has 5 nitrogen and oxygen atoms in total. The number of alkyl halides is 3. The molecule has 2 aliphatic rings. The van der Waals surface area contributed by atoms with Crippen LogP contribution in [0.5, 0.6) is 0 Å². The van der Waals surface area contributed by atoms with Crippen LogP contribution in [0.4, 0.5) is 13.2 Å². The minimum atomic E-state index is -4.58. The topological polar surface area (TPSA) is 59.0 Å². The number of halogens is 3. The molecule has 2 fully saturated rings. The number of hydrogen-bond donors (Lipinski definition) is 0. The number of rotatable bonds is 4. The third-order valence-electron chi connectivity index (χ3n) is 4.98. The Bertz CT molecular complexity index is 777. The zero-order valence-corrected chi connectivity index (χ0v) is 15.7. The zero-order valence-electron chi connectivity index (χ0n) is 14.9. The highest BCUT2D eigenvalue weighted by molar-refractivity contribution is 7.89. The Hall–Kier alpha value is -1.61. The van der Waals surface area contributed by atoms with Crippen LogP contribution in [-0.4, -0.2) is 37.6 Å². The van der Waals surface area contributed by atoms with Crippen molar-refractivity contribution < 1.29 is 26.4 Å². The van der Waals surface area contributed by atoms with E-state index in [0.29, 0.717) is 18.9 Å². The molecule has 0 radical (unpaired) electrons. The molecule has 0 amide bonds. The van der Waals surface area contributed by atoms with Crippen molar-refractivity contribution in [2.75, 3.05) is 13.1 Å². The van der Waals surface area contributed by atoms with Gasteiger partial charge in [-0.3, -0.25) is 0 Å². The van der Waals surface area contributed by atoms with Crippen molar-refractivity contribution in [1.29, 1.82) is 0 Å². The molecule has 9 heteroatoms. The summed E-state index contributed by atoms with van der Waals surface area (Å²) in [4.78, 5) is 5.24. The van der Waals surface area contributed by atoms with Gasteiger partial charge in [-0.05, 0) is 43.9 Å². The average molecular weight is 404 g/mol. The molecule has 0 unspecified atom stereocenters. The van der Waals surface area contributed by atoms with Crippen LogP contribution in [0.15, 0.2) is 34.3 Å². The summed E-state index contributed by atoms with van der Waals surface area (Å²) in [7, 11) is -3.97. The molecule has 1 aliphatic heterocycles. The second-order valence-corrected chi connectivity index (χ2v) is 8.89. The van der Waals surface area contributed by atoms with E-state index in [0.717, 1.165) is 43.5 Å². The first-order valence-corrected chi connectivity index (χ1v) is 10.6. The van der Waals surface area contributed by atoms with Crippen LogP contribution < -0.4 is 0 Å². The molecule has 3 rings (SSSR count). The van der Waals surface area contributed by atoms with E-state index >= 15 is 0 Å². The van der Waals surface area contributed by atoms with Crippen LogP contribution in [0.2, 0.25) is 0 Å². The van der Waals surface area contributed by atoms with Gasteiger partial charge in [0.1, 0.15) is 6.10 Å². The average Bonchev–Trinajstić information content (AvgIpc) is 2.67. The molecular weight excluding hydrogens is 381 g/mol. The number of sulfonamides is 1. The van der Waals surface area contributed by atoms with Crippen LogP contribution in [0.25, 0.3) is 0 Å². The largest absolute Gasteiger partial charge is 0.416 e. The van der Waals surface area contributed by atoms with Crippen molar-refractivity contribution >= 4 is 15.7 Å². The highest BCUT2D eigenvalue weighted by Crippen LogP contribution is 2.31. The van der Waals surface area contributed by atoms with Crippen LogP contribution in [-0.2, 0) is 21.0 Å². The normalized spacial score (nSPS) is 20.5. The lowest BCUT2D eigenvalue weighted by Crippen LogP contribution is -2.38. The first-order chi connectivity index (χ1) is 12.8. The van der Waals surface area contributed by atoms with Gasteiger partial charge >= 0.3 is 6.18 Å². The van der Waals surface area contributed by atoms with E-state index in [4.69, 9.17) is 4.84 Å². The molecule has 0 atom stereocenters. The Morgan fingerprint density at radius 1 is 1.07 bits per heavy atom. The molecule has 0 bridgehead atoms. The number of benzene rings is 1. The van der Waals surface area contributed by atoms with E-state index in [1.54, 1.807) is 0 Å². The quantitative estimate of drug-likeness (QED) is 0.707. The maximum absolute atomic E-state index is 12.8. The second-order valence-electron chi connectivity index (χ2n) is 6.95. The number of oxime groups is 1. The van der Waals surface area contributed by atoms with E-state index in [2.05, 4.69) is 5.16 Å². The van der Waals surface area contributed by atoms with Gasteiger partial charge in [0, 0.05) is 25.9 Å². The minimum Gasteiger partial charge on any atom is -0.393 e. The maximum Gasteiger partial charge on any atom is 0.416 e. The Morgan fingerprint density at radius 3 is 2.37 bits per heavy atom. The third-order valence-corrected chi connectivity index (χ3v) is 6.88. The molecule has 1 saturated heterocycles. The lowest BCUT2D eigenvalue weighted by molar-refractivity contribution is -0.137. The van der Waals surface area contributed by atoms with E-state index < -0.39 is 21.8 Å². The van der Waals surface area contributed by atoms with Crippen LogP contribution in [0.3, 0.4) is 0 Å². The first-order valence-electron chi connectivity index (χ1n) is 9.16. The summed E-state index contributed by atoms with van der Waals surface area (Å²) in [6.45, 7) is 0.372. The fraction of sp³-hybridized carbons (Fsp3) is 0.611. The monoisotopic (exact) mass is 404 g/mol. The van der Waals surface area contributed by atoms with Crippen molar-refractivity contribution in [2.24, 2.45) is 5.16 Å². The van der Waals surface area contributed by atoms with Gasteiger partial charge in [-0.25, -0.2) is 8.42 Å². The number of piperidine rings is 1. The molecular formula is C18H23F3N2O3S. The fourth-order valence-electron chi connectivity index (χ4n) is 3.38. The SMILES string of the molecule is O=S(=O)(c1cccc(C(F)(F)F)c1)N1CCC(=NOC2CCCCC2)CC1.